The molecule has 0 bridgehead atoms. The van der Waals surface area contributed by atoms with Gasteiger partial charge >= 0.3 is 0 Å². The van der Waals surface area contributed by atoms with E-state index in [0.717, 1.165) is 25.9 Å². The fourth-order valence-electron chi connectivity index (χ4n) is 2.76. The quantitative estimate of drug-likeness (QED) is 0.746. The average Bonchev–Trinajstić information content (AvgIpc) is 2.85. The van der Waals surface area contributed by atoms with Crippen LogP contribution in [-0.2, 0) is 14.3 Å². The Bertz CT molecular complexity index is 365. The van der Waals surface area contributed by atoms with Gasteiger partial charge in [-0.1, -0.05) is 13.8 Å². The fourth-order valence-corrected chi connectivity index (χ4v) is 2.76. The zero-order chi connectivity index (χ0) is 14.7. The minimum Gasteiger partial charge on any atom is -0.379 e. The molecule has 2 amide bonds. The van der Waals surface area contributed by atoms with Crippen molar-refractivity contribution in [1.29, 1.82) is 0 Å². The highest BCUT2D eigenvalue weighted by Crippen LogP contribution is 2.16. The minimum atomic E-state index is -0.231. The van der Waals surface area contributed by atoms with Crippen molar-refractivity contribution in [3.05, 3.63) is 0 Å². The summed E-state index contributed by atoms with van der Waals surface area (Å²) in [7, 11) is 0. The van der Waals surface area contributed by atoms with Gasteiger partial charge in [0.1, 0.15) is 0 Å². The number of nitrogens with one attached hydrogen (secondary N) is 1. The fraction of sp³-hybridized carbons (Fsp3) is 0.857. The molecule has 2 aliphatic heterocycles. The monoisotopic (exact) mass is 283 g/mol. The molecule has 2 unspecified atom stereocenters. The standard InChI is InChI=1S/C14H25N3O3/c1-9(2)14(19)17-5-3-10(4-6-17)16-13(18)11-7-20-8-12(11)15/h9-12H,3-8,15H2,1-2H3,(H,16,18). The van der Waals surface area contributed by atoms with Crippen molar-refractivity contribution in [2.24, 2.45) is 17.6 Å². The van der Waals surface area contributed by atoms with E-state index in [-0.39, 0.29) is 35.7 Å². The van der Waals surface area contributed by atoms with Gasteiger partial charge in [0.25, 0.3) is 0 Å². The average molecular weight is 283 g/mol. The van der Waals surface area contributed by atoms with Crippen LogP contribution < -0.4 is 11.1 Å². The van der Waals surface area contributed by atoms with E-state index in [4.69, 9.17) is 10.5 Å². The van der Waals surface area contributed by atoms with E-state index in [1.165, 1.54) is 0 Å². The van der Waals surface area contributed by atoms with Crippen molar-refractivity contribution in [2.75, 3.05) is 26.3 Å². The van der Waals surface area contributed by atoms with Gasteiger partial charge in [0.15, 0.2) is 0 Å². The smallest absolute Gasteiger partial charge is 0.227 e. The van der Waals surface area contributed by atoms with Crippen molar-refractivity contribution in [3.63, 3.8) is 0 Å². The van der Waals surface area contributed by atoms with E-state index < -0.39 is 0 Å². The van der Waals surface area contributed by atoms with Crippen LogP contribution in [0.1, 0.15) is 26.7 Å². The molecule has 2 heterocycles. The summed E-state index contributed by atoms with van der Waals surface area (Å²) in [6, 6.07) is -0.0517. The molecule has 0 saturated carbocycles. The zero-order valence-electron chi connectivity index (χ0n) is 12.3. The first-order chi connectivity index (χ1) is 9.49. The van der Waals surface area contributed by atoms with Gasteiger partial charge in [-0.2, -0.15) is 0 Å². The first-order valence-electron chi connectivity index (χ1n) is 7.41. The van der Waals surface area contributed by atoms with Crippen molar-refractivity contribution < 1.29 is 14.3 Å². The molecule has 2 aliphatic rings. The van der Waals surface area contributed by atoms with Crippen LogP contribution >= 0.6 is 0 Å². The van der Waals surface area contributed by atoms with Crippen LogP contribution in [0.4, 0.5) is 0 Å². The number of piperidine rings is 1. The van der Waals surface area contributed by atoms with Crippen LogP contribution in [0.3, 0.4) is 0 Å². The first-order valence-corrected chi connectivity index (χ1v) is 7.41. The Kier molecular flexibility index (Phi) is 4.99. The maximum atomic E-state index is 12.1. The summed E-state index contributed by atoms with van der Waals surface area (Å²) in [5.41, 5.74) is 5.84. The Morgan fingerprint density at radius 1 is 1.25 bits per heavy atom. The van der Waals surface area contributed by atoms with Crippen molar-refractivity contribution in [1.82, 2.24) is 10.2 Å². The normalized spacial score (nSPS) is 27.9. The number of carbonyl (C=O) groups is 2. The molecule has 0 aromatic rings. The second-order valence-corrected chi connectivity index (χ2v) is 6.07. The number of likely N-dealkylation sites (tertiary alicyclic amines) is 1. The third-order valence-corrected chi connectivity index (χ3v) is 4.11. The third kappa shape index (κ3) is 3.49. The number of nitrogens with two attached hydrogens (primary N) is 1. The van der Waals surface area contributed by atoms with E-state index in [0.29, 0.717) is 13.2 Å². The molecule has 0 aromatic heterocycles. The highest BCUT2D eigenvalue weighted by molar-refractivity contribution is 5.80. The summed E-state index contributed by atoms with van der Waals surface area (Å²) in [6.07, 6.45) is 1.63. The SMILES string of the molecule is CC(C)C(=O)N1CCC(NC(=O)C2COCC2N)CC1. The van der Waals surface area contributed by atoms with E-state index in [1.54, 1.807) is 0 Å². The molecule has 20 heavy (non-hydrogen) atoms. The van der Waals surface area contributed by atoms with Gasteiger partial charge < -0.3 is 20.7 Å². The molecule has 0 aromatic carbocycles. The van der Waals surface area contributed by atoms with E-state index in [2.05, 4.69) is 5.32 Å². The Balaban J connectivity index is 1.77. The molecule has 0 aliphatic carbocycles. The summed E-state index contributed by atoms with van der Waals surface area (Å²) in [6.45, 7) is 6.14. The maximum Gasteiger partial charge on any atom is 0.227 e. The molecule has 2 saturated heterocycles. The highest BCUT2D eigenvalue weighted by Gasteiger charge is 2.33. The summed E-state index contributed by atoms with van der Waals surface area (Å²) in [5.74, 6) is -0.00951. The topological polar surface area (TPSA) is 84.7 Å². The van der Waals surface area contributed by atoms with Crippen LogP contribution in [0.15, 0.2) is 0 Å². The van der Waals surface area contributed by atoms with Gasteiger partial charge in [0.05, 0.1) is 19.1 Å². The van der Waals surface area contributed by atoms with Gasteiger partial charge in [-0.15, -0.1) is 0 Å². The second-order valence-electron chi connectivity index (χ2n) is 6.07. The lowest BCUT2D eigenvalue weighted by Crippen LogP contribution is -2.50. The van der Waals surface area contributed by atoms with E-state index in [1.807, 2.05) is 18.7 Å². The molecular weight excluding hydrogens is 258 g/mol. The molecule has 2 rings (SSSR count). The van der Waals surface area contributed by atoms with Gasteiger partial charge in [-0.3, -0.25) is 9.59 Å². The minimum absolute atomic E-state index is 0.0105. The number of nitrogens with zero attached hydrogens (tertiary/aromatic N) is 1. The highest BCUT2D eigenvalue weighted by atomic mass is 16.5. The van der Waals surface area contributed by atoms with Crippen LogP contribution in [0.5, 0.6) is 0 Å². The van der Waals surface area contributed by atoms with Crippen molar-refractivity contribution in [2.45, 2.75) is 38.8 Å². The third-order valence-electron chi connectivity index (χ3n) is 4.11. The Hall–Kier alpha value is -1.14. The molecule has 0 radical (unpaired) electrons. The van der Waals surface area contributed by atoms with Crippen LogP contribution in [-0.4, -0.2) is 55.1 Å². The number of rotatable bonds is 3. The van der Waals surface area contributed by atoms with Crippen LogP contribution in [0, 0.1) is 11.8 Å². The van der Waals surface area contributed by atoms with Gasteiger partial charge in [-0.25, -0.2) is 0 Å². The largest absolute Gasteiger partial charge is 0.379 e. The number of carbonyl (C=O) groups excluding carboxylic acids is 2. The van der Waals surface area contributed by atoms with E-state index >= 15 is 0 Å². The Morgan fingerprint density at radius 3 is 2.40 bits per heavy atom. The molecule has 114 valence electrons. The lowest BCUT2D eigenvalue weighted by Gasteiger charge is -2.34. The van der Waals surface area contributed by atoms with Crippen molar-refractivity contribution in [3.8, 4) is 0 Å². The summed E-state index contributed by atoms with van der Waals surface area (Å²) in [4.78, 5) is 25.9. The molecule has 3 N–H and O–H groups in total. The molecule has 6 nitrogen and oxygen atoms in total. The lowest BCUT2D eigenvalue weighted by molar-refractivity contribution is -0.135. The summed E-state index contributed by atoms with van der Waals surface area (Å²) < 4.78 is 5.22. The predicted molar refractivity (Wildman–Crippen MR) is 74.9 cm³/mol. The van der Waals surface area contributed by atoms with Gasteiger partial charge in [0.2, 0.25) is 11.8 Å². The Labute approximate surface area is 120 Å². The molecule has 2 fully saturated rings. The summed E-state index contributed by atoms with van der Waals surface area (Å²) >= 11 is 0. The van der Waals surface area contributed by atoms with Crippen molar-refractivity contribution >= 4 is 11.8 Å². The Morgan fingerprint density at radius 2 is 1.90 bits per heavy atom. The first kappa shape index (κ1) is 15.3. The second kappa shape index (κ2) is 6.54. The summed E-state index contributed by atoms with van der Waals surface area (Å²) in [5, 5.41) is 3.04. The number of hydrogen-bond acceptors (Lipinski definition) is 4. The van der Waals surface area contributed by atoms with Crippen LogP contribution in [0.2, 0.25) is 0 Å². The lowest BCUT2D eigenvalue weighted by atomic mass is 10.00. The van der Waals surface area contributed by atoms with Gasteiger partial charge in [0, 0.05) is 31.1 Å². The molecule has 2 atom stereocenters. The zero-order valence-corrected chi connectivity index (χ0v) is 12.3. The number of ether oxygens (including phenoxy) is 1. The molecular formula is C14H25N3O3. The molecule has 6 heteroatoms. The molecule has 0 spiro atoms. The maximum absolute atomic E-state index is 12.1. The number of amides is 2. The predicted octanol–water partition coefficient (Wildman–Crippen LogP) is -0.277. The number of hydrogen-bond donors (Lipinski definition) is 2. The van der Waals surface area contributed by atoms with Gasteiger partial charge in [-0.05, 0) is 12.8 Å². The van der Waals surface area contributed by atoms with E-state index in [9.17, 15) is 9.59 Å². The van der Waals surface area contributed by atoms with Crippen LogP contribution in [0.25, 0.3) is 0 Å².